The van der Waals surface area contributed by atoms with Gasteiger partial charge in [0.1, 0.15) is 0 Å². The summed E-state index contributed by atoms with van der Waals surface area (Å²) >= 11 is 0. The van der Waals surface area contributed by atoms with Crippen molar-refractivity contribution in [3.63, 3.8) is 0 Å². The van der Waals surface area contributed by atoms with Crippen LogP contribution in [0.25, 0.3) is 0 Å². The Morgan fingerprint density at radius 1 is 1.12 bits per heavy atom. The van der Waals surface area contributed by atoms with Crippen molar-refractivity contribution in [1.29, 1.82) is 0 Å². The van der Waals surface area contributed by atoms with Crippen LogP contribution < -0.4 is 19.1 Å². The largest absolute Gasteiger partial charge is 0.493 e. The van der Waals surface area contributed by atoms with E-state index in [0.717, 1.165) is 6.20 Å². The first-order valence-electron chi connectivity index (χ1n) is 7.41. The summed E-state index contributed by atoms with van der Waals surface area (Å²) in [4.78, 5) is 17.6. The maximum atomic E-state index is 12.5. The first-order valence-corrected chi connectivity index (χ1v) is 7.41. The van der Waals surface area contributed by atoms with Crippen LogP contribution in [0.1, 0.15) is 10.4 Å². The number of hydrogen-bond acceptors (Lipinski definition) is 5. The zero-order valence-corrected chi connectivity index (χ0v) is 14.3. The van der Waals surface area contributed by atoms with Crippen LogP contribution >= 0.6 is 0 Å². The minimum Gasteiger partial charge on any atom is -0.493 e. The molecule has 9 heteroatoms. The molecule has 140 valence electrons. The van der Waals surface area contributed by atoms with E-state index in [1.807, 2.05) is 0 Å². The number of aromatic nitrogens is 1. The third-order valence-corrected chi connectivity index (χ3v) is 3.43. The normalized spacial score (nSPS) is 11.0. The van der Waals surface area contributed by atoms with E-state index in [2.05, 4.69) is 9.72 Å². The predicted molar refractivity (Wildman–Crippen MR) is 88.1 cm³/mol. The molecule has 0 aliphatic carbocycles. The highest BCUT2D eigenvalue weighted by Crippen LogP contribution is 2.31. The molecule has 26 heavy (non-hydrogen) atoms. The van der Waals surface area contributed by atoms with Crippen molar-refractivity contribution in [1.82, 2.24) is 4.98 Å². The van der Waals surface area contributed by atoms with E-state index < -0.39 is 18.7 Å². The van der Waals surface area contributed by atoms with E-state index in [1.54, 1.807) is 25.2 Å². The van der Waals surface area contributed by atoms with E-state index in [0.29, 0.717) is 17.2 Å². The van der Waals surface area contributed by atoms with E-state index in [9.17, 15) is 18.0 Å². The smallest absolute Gasteiger partial charge is 0.422 e. The molecular formula is C17H17F3N2O4. The number of hydrogen-bond donors (Lipinski definition) is 0. The summed E-state index contributed by atoms with van der Waals surface area (Å²) in [5.74, 6) is 0.364. The lowest BCUT2D eigenvalue weighted by molar-refractivity contribution is -0.154. The number of amides is 1. The van der Waals surface area contributed by atoms with Gasteiger partial charge in [-0.05, 0) is 18.2 Å². The maximum Gasteiger partial charge on any atom is 0.422 e. The van der Waals surface area contributed by atoms with Gasteiger partial charge in [0, 0.05) is 31.1 Å². The lowest BCUT2D eigenvalue weighted by Gasteiger charge is -2.19. The summed E-state index contributed by atoms with van der Waals surface area (Å²) in [6, 6.07) is 7.52. The summed E-state index contributed by atoms with van der Waals surface area (Å²) in [5.41, 5.74) is 0.742. The monoisotopic (exact) mass is 370 g/mol. The number of carbonyl (C=O) groups excluding carboxylic acids is 1. The molecule has 0 aliphatic heterocycles. The molecule has 0 saturated heterocycles. The molecule has 0 radical (unpaired) electrons. The van der Waals surface area contributed by atoms with Crippen LogP contribution in [0.15, 0.2) is 36.5 Å². The molecule has 2 aromatic rings. The zero-order valence-electron chi connectivity index (χ0n) is 14.3. The van der Waals surface area contributed by atoms with Crippen LogP contribution in [0, 0.1) is 0 Å². The van der Waals surface area contributed by atoms with Crippen molar-refractivity contribution in [2.45, 2.75) is 6.18 Å². The second kappa shape index (κ2) is 7.94. The second-order valence-corrected chi connectivity index (χ2v) is 5.19. The van der Waals surface area contributed by atoms with Gasteiger partial charge < -0.3 is 19.1 Å². The molecule has 0 saturated carbocycles. The Morgan fingerprint density at radius 3 is 2.35 bits per heavy atom. The predicted octanol–water partition coefficient (Wildman–Crippen LogP) is 3.32. The average molecular weight is 370 g/mol. The van der Waals surface area contributed by atoms with Gasteiger partial charge in [0.2, 0.25) is 5.88 Å². The summed E-state index contributed by atoms with van der Waals surface area (Å²) in [6.45, 7) is -1.45. The zero-order chi connectivity index (χ0) is 19.3. The van der Waals surface area contributed by atoms with Gasteiger partial charge in [-0.25, -0.2) is 4.98 Å². The van der Waals surface area contributed by atoms with E-state index in [4.69, 9.17) is 9.47 Å². The fourth-order valence-corrected chi connectivity index (χ4v) is 2.09. The van der Waals surface area contributed by atoms with Crippen molar-refractivity contribution in [3.05, 3.63) is 42.1 Å². The Kier molecular flexibility index (Phi) is 5.91. The highest BCUT2D eigenvalue weighted by Gasteiger charge is 2.28. The number of nitrogens with zero attached hydrogens (tertiary/aromatic N) is 2. The molecule has 0 N–H and O–H groups in total. The lowest BCUT2D eigenvalue weighted by Crippen LogP contribution is -2.26. The van der Waals surface area contributed by atoms with Crippen molar-refractivity contribution >= 4 is 11.6 Å². The van der Waals surface area contributed by atoms with Crippen LogP contribution in [-0.4, -0.2) is 44.9 Å². The number of halogens is 3. The molecule has 0 aliphatic rings. The van der Waals surface area contributed by atoms with Crippen molar-refractivity contribution in [3.8, 4) is 17.4 Å². The van der Waals surface area contributed by atoms with Gasteiger partial charge in [-0.3, -0.25) is 4.79 Å². The fourth-order valence-electron chi connectivity index (χ4n) is 2.09. The Labute approximate surface area is 148 Å². The molecule has 1 amide bonds. The number of benzene rings is 1. The molecule has 2 rings (SSSR count). The van der Waals surface area contributed by atoms with E-state index in [-0.39, 0.29) is 11.4 Å². The minimum atomic E-state index is -4.45. The fraction of sp³-hybridized carbons (Fsp3) is 0.294. The number of anilines is 1. The molecule has 0 fully saturated rings. The van der Waals surface area contributed by atoms with Crippen LogP contribution in [0.5, 0.6) is 17.4 Å². The highest BCUT2D eigenvalue weighted by atomic mass is 19.4. The van der Waals surface area contributed by atoms with Gasteiger partial charge in [0.25, 0.3) is 5.91 Å². The molecule has 0 bridgehead atoms. The third kappa shape index (κ3) is 4.78. The molecule has 0 atom stereocenters. The van der Waals surface area contributed by atoms with Gasteiger partial charge in [-0.15, -0.1) is 0 Å². The second-order valence-electron chi connectivity index (χ2n) is 5.19. The standard InChI is InChI=1S/C17H17F3N2O4/c1-22(12-5-6-13(24-2)14(8-12)25-3)16(23)11-4-7-15(21-9-11)26-10-17(18,19)20/h4-9H,10H2,1-3H3. The molecular weight excluding hydrogens is 353 g/mol. The topological polar surface area (TPSA) is 60.9 Å². The van der Waals surface area contributed by atoms with Gasteiger partial charge in [-0.1, -0.05) is 0 Å². The van der Waals surface area contributed by atoms with E-state index >= 15 is 0 Å². The van der Waals surface area contributed by atoms with Crippen LogP contribution in [0.4, 0.5) is 18.9 Å². The van der Waals surface area contributed by atoms with Crippen LogP contribution in [0.2, 0.25) is 0 Å². The summed E-state index contributed by atoms with van der Waals surface area (Å²) in [6.07, 6.45) is -3.30. The average Bonchev–Trinajstić information content (AvgIpc) is 2.64. The van der Waals surface area contributed by atoms with Gasteiger partial charge in [0.15, 0.2) is 18.1 Å². The number of pyridine rings is 1. The molecule has 6 nitrogen and oxygen atoms in total. The number of ether oxygens (including phenoxy) is 3. The van der Waals surface area contributed by atoms with Gasteiger partial charge >= 0.3 is 6.18 Å². The molecule has 0 spiro atoms. The Balaban J connectivity index is 2.13. The summed E-state index contributed by atoms with van der Waals surface area (Å²) in [7, 11) is 4.53. The molecule has 0 unspecified atom stereocenters. The first kappa shape index (κ1) is 19.4. The van der Waals surface area contributed by atoms with Crippen LogP contribution in [0.3, 0.4) is 0 Å². The third-order valence-electron chi connectivity index (χ3n) is 3.43. The van der Waals surface area contributed by atoms with Crippen molar-refractivity contribution in [2.24, 2.45) is 0 Å². The SMILES string of the molecule is COc1ccc(N(C)C(=O)c2ccc(OCC(F)(F)F)nc2)cc1OC. The Bertz CT molecular complexity index is 764. The molecule has 1 aromatic carbocycles. The number of methoxy groups -OCH3 is 2. The van der Waals surface area contributed by atoms with E-state index in [1.165, 1.54) is 31.3 Å². The Morgan fingerprint density at radius 2 is 1.81 bits per heavy atom. The number of alkyl halides is 3. The van der Waals surface area contributed by atoms with Gasteiger partial charge in [-0.2, -0.15) is 13.2 Å². The quantitative estimate of drug-likeness (QED) is 0.781. The Hall–Kier alpha value is -2.97. The highest BCUT2D eigenvalue weighted by molar-refractivity contribution is 6.05. The van der Waals surface area contributed by atoms with Crippen LogP contribution in [-0.2, 0) is 0 Å². The van der Waals surface area contributed by atoms with Crippen molar-refractivity contribution < 1.29 is 32.2 Å². The minimum absolute atomic E-state index is 0.196. The van der Waals surface area contributed by atoms with Gasteiger partial charge in [0.05, 0.1) is 19.8 Å². The number of rotatable bonds is 6. The maximum absolute atomic E-state index is 12.5. The molecule has 1 aromatic heterocycles. The lowest BCUT2D eigenvalue weighted by atomic mass is 10.2. The molecule has 1 heterocycles. The number of carbonyl (C=O) groups is 1. The summed E-state index contributed by atoms with van der Waals surface area (Å²) in [5, 5.41) is 0. The first-order chi connectivity index (χ1) is 12.2. The van der Waals surface area contributed by atoms with Crippen molar-refractivity contribution in [2.75, 3.05) is 32.8 Å². The summed E-state index contributed by atoms with van der Waals surface area (Å²) < 4.78 is 51.2.